The number of rotatable bonds is 7. The van der Waals surface area contributed by atoms with Crippen LogP contribution in [0.3, 0.4) is 0 Å². The van der Waals surface area contributed by atoms with Gasteiger partial charge in [-0.05, 0) is 61.9 Å². The zero-order chi connectivity index (χ0) is 25.0. The van der Waals surface area contributed by atoms with Gasteiger partial charge in [0.05, 0.1) is 31.2 Å². The minimum atomic E-state index is -3.96. The Balaban J connectivity index is 1.71. The van der Waals surface area contributed by atoms with Crippen LogP contribution in [0.4, 0.5) is 11.4 Å². The van der Waals surface area contributed by atoms with Crippen LogP contribution in [0.25, 0.3) is 0 Å². The van der Waals surface area contributed by atoms with Crippen molar-refractivity contribution in [3.8, 4) is 0 Å². The smallest absolute Gasteiger partial charge is 0.338 e. The zero-order valence-electron chi connectivity index (χ0n) is 17.9. The number of carbonyl (C=O) groups is 2. The monoisotopic (exact) mass is 540 g/mol. The van der Waals surface area contributed by atoms with Crippen molar-refractivity contribution in [1.29, 1.82) is 0 Å². The van der Waals surface area contributed by atoms with Gasteiger partial charge in [-0.3, -0.25) is 9.52 Å². The van der Waals surface area contributed by atoms with Crippen LogP contribution in [0.5, 0.6) is 0 Å². The lowest BCUT2D eigenvalue weighted by molar-refractivity contribution is -0.123. The molecule has 2 N–H and O–H groups in total. The maximum Gasteiger partial charge on any atom is 0.338 e. The number of nitrogens with one attached hydrogen (secondary N) is 2. The van der Waals surface area contributed by atoms with Crippen molar-refractivity contribution in [3.63, 3.8) is 0 Å². The van der Waals surface area contributed by atoms with E-state index in [-0.39, 0.29) is 31.2 Å². The first-order valence-corrected chi connectivity index (χ1v) is 12.4. The van der Waals surface area contributed by atoms with E-state index in [2.05, 4.69) is 10.0 Å². The molecular weight excluding hydrogens is 523 g/mol. The third-order valence-electron chi connectivity index (χ3n) is 4.57. The molecule has 0 aromatic heterocycles. The third-order valence-corrected chi connectivity index (χ3v) is 6.99. The van der Waals surface area contributed by atoms with Gasteiger partial charge in [0, 0.05) is 5.69 Å². The molecule has 0 spiro atoms. The second-order valence-corrected chi connectivity index (χ2v) is 10.2. The van der Waals surface area contributed by atoms with E-state index in [1.807, 2.05) is 13.0 Å². The molecule has 0 bridgehead atoms. The van der Waals surface area contributed by atoms with E-state index < -0.39 is 28.0 Å². The largest absolute Gasteiger partial charge is 0.449 e. The van der Waals surface area contributed by atoms with Crippen molar-refractivity contribution in [3.05, 3.63) is 86.9 Å². The highest BCUT2D eigenvalue weighted by atomic mass is 35.5. The van der Waals surface area contributed by atoms with Crippen molar-refractivity contribution in [1.82, 2.24) is 0 Å². The van der Waals surface area contributed by atoms with Gasteiger partial charge in [-0.15, -0.1) is 0 Å². The van der Waals surface area contributed by atoms with E-state index in [1.54, 1.807) is 18.2 Å². The van der Waals surface area contributed by atoms with Crippen LogP contribution in [0.1, 0.15) is 22.8 Å². The summed E-state index contributed by atoms with van der Waals surface area (Å²) in [5.74, 6) is -1.55. The van der Waals surface area contributed by atoms with E-state index >= 15 is 0 Å². The molecular formula is C23H19Cl3N2O5S. The number of halogens is 3. The van der Waals surface area contributed by atoms with Crippen LogP contribution in [0, 0.1) is 6.92 Å². The molecule has 0 heterocycles. The molecule has 0 radical (unpaired) electrons. The Bertz CT molecular complexity index is 1360. The second kappa shape index (κ2) is 10.7. The van der Waals surface area contributed by atoms with Crippen molar-refractivity contribution in [2.75, 3.05) is 10.0 Å². The number of hydrogen-bond donors (Lipinski definition) is 2. The normalized spacial score (nSPS) is 12.0. The first kappa shape index (κ1) is 25.8. The van der Waals surface area contributed by atoms with Gasteiger partial charge in [0.2, 0.25) is 0 Å². The fourth-order valence-electron chi connectivity index (χ4n) is 2.85. The number of sulfonamides is 1. The third kappa shape index (κ3) is 6.42. The topological polar surface area (TPSA) is 102 Å². The number of esters is 1. The summed E-state index contributed by atoms with van der Waals surface area (Å²) in [6, 6.07) is 14.9. The molecule has 0 fully saturated rings. The second-order valence-electron chi connectivity index (χ2n) is 7.29. The van der Waals surface area contributed by atoms with Gasteiger partial charge in [-0.2, -0.15) is 0 Å². The summed E-state index contributed by atoms with van der Waals surface area (Å²) in [7, 11) is -3.96. The fraction of sp³-hybridized carbons (Fsp3) is 0.130. The number of aryl methyl sites for hydroxylation is 1. The highest BCUT2D eigenvalue weighted by Crippen LogP contribution is 2.32. The molecule has 0 unspecified atom stereocenters. The van der Waals surface area contributed by atoms with Gasteiger partial charge in [0.1, 0.15) is 0 Å². The molecule has 0 saturated heterocycles. The molecule has 1 amide bonds. The molecule has 3 aromatic rings. The van der Waals surface area contributed by atoms with E-state index in [1.165, 1.54) is 43.3 Å². The zero-order valence-corrected chi connectivity index (χ0v) is 21.0. The Hall–Kier alpha value is -2.78. The number of ether oxygens (including phenoxy) is 1. The predicted molar refractivity (Wildman–Crippen MR) is 133 cm³/mol. The molecule has 3 rings (SSSR count). The Kier molecular flexibility index (Phi) is 8.09. The van der Waals surface area contributed by atoms with Crippen LogP contribution < -0.4 is 10.0 Å². The van der Waals surface area contributed by atoms with Gasteiger partial charge < -0.3 is 10.1 Å². The average molecular weight is 542 g/mol. The summed E-state index contributed by atoms with van der Waals surface area (Å²) in [5, 5.41) is 3.06. The first-order chi connectivity index (χ1) is 16.0. The highest BCUT2D eigenvalue weighted by Gasteiger charge is 2.22. The molecule has 0 saturated carbocycles. The molecule has 11 heteroatoms. The maximum atomic E-state index is 12.7. The molecule has 0 aliphatic carbocycles. The van der Waals surface area contributed by atoms with Crippen molar-refractivity contribution < 1.29 is 22.7 Å². The Morgan fingerprint density at radius 1 is 0.912 bits per heavy atom. The van der Waals surface area contributed by atoms with Gasteiger partial charge in [-0.25, -0.2) is 13.2 Å². The molecule has 34 heavy (non-hydrogen) atoms. The van der Waals surface area contributed by atoms with Crippen LogP contribution >= 0.6 is 34.8 Å². The summed E-state index contributed by atoms with van der Waals surface area (Å²) in [5.41, 5.74) is 1.42. The average Bonchev–Trinajstić information content (AvgIpc) is 2.77. The lowest BCUT2D eigenvalue weighted by Gasteiger charge is -2.15. The first-order valence-electron chi connectivity index (χ1n) is 9.82. The summed E-state index contributed by atoms with van der Waals surface area (Å²) in [4.78, 5) is 24.9. The van der Waals surface area contributed by atoms with Crippen LogP contribution in [0.2, 0.25) is 15.1 Å². The summed E-state index contributed by atoms with van der Waals surface area (Å²) in [6.45, 7) is 3.19. The lowest BCUT2D eigenvalue weighted by atomic mass is 10.2. The Morgan fingerprint density at radius 3 is 2.29 bits per heavy atom. The van der Waals surface area contributed by atoms with Gasteiger partial charge in [-0.1, -0.05) is 53.0 Å². The van der Waals surface area contributed by atoms with Gasteiger partial charge in [0.15, 0.2) is 6.10 Å². The van der Waals surface area contributed by atoms with Crippen LogP contribution in [0.15, 0.2) is 65.6 Å². The summed E-state index contributed by atoms with van der Waals surface area (Å²) >= 11 is 17.9. The number of carbonyl (C=O) groups excluding carboxylic acids is 2. The van der Waals surface area contributed by atoms with E-state index in [0.29, 0.717) is 5.69 Å². The van der Waals surface area contributed by atoms with Gasteiger partial charge in [0.25, 0.3) is 15.9 Å². The maximum absolute atomic E-state index is 12.7. The van der Waals surface area contributed by atoms with Crippen LogP contribution in [-0.4, -0.2) is 26.4 Å². The number of anilines is 2. The molecule has 1 atom stereocenters. The van der Waals surface area contributed by atoms with Crippen LogP contribution in [-0.2, 0) is 19.6 Å². The molecule has 3 aromatic carbocycles. The lowest BCUT2D eigenvalue weighted by Crippen LogP contribution is -2.30. The van der Waals surface area contributed by atoms with Crippen molar-refractivity contribution >= 4 is 68.1 Å². The minimum Gasteiger partial charge on any atom is -0.449 e. The minimum absolute atomic E-state index is 0.0423. The SMILES string of the molecule is Cc1cccc(NS(=O)(=O)c2cccc(C(=O)O[C@@H](C)C(=O)Nc3cc(Cl)c(Cl)cc3Cl)c2)c1. The molecule has 178 valence electrons. The quantitative estimate of drug-likeness (QED) is 0.285. The number of amides is 1. The predicted octanol–water partition coefficient (Wildman–Crippen LogP) is 5.94. The standard InChI is InChI=1S/C23H19Cl3N2O5S/c1-13-5-3-7-16(9-13)28-34(31,32)17-8-4-6-15(10-17)23(30)33-14(2)22(29)27-21-12-19(25)18(24)11-20(21)26/h3-12,14,28H,1-2H3,(H,27,29)/t14-/m0/s1. The number of benzene rings is 3. The molecule has 7 nitrogen and oxygen atoms in total. The van der Waals surface area contributed by atoms with E-state index in [0.717, 1.165) is 5.56 Å². The van der Waals surface area contributed by atoms with Crippen molar-refractivity contribution in [2.45, 2.75) is 24.8 Å². The van der Waals surface area contributed by atoms with Gasteiger partial charge >= 0.3 is 5.97 Å². The van der Waals surface area contributed by atoms with Crippen molar-refractivity contribution in [2.24, 2.45) is 0 Å². The van der Waals surface area contributed by atoms with E-state index in [9.17, 15) is 18.0 Å². The Labute approximate surface area is 212 Å². The number of hydrogen-bond acceptors (Lipinski definition) is 5. The van der Waals surface area contributed by atoms with E-state index in [4.69, 9.17) is 39.5 Å². The summed E-state index contributed by atoms with van der Waals surface area (Å²) in [6.07, 6.45) is -1.22. The molecule has 0 aliphatic heterocycles. The highest BCUT2D eigenvalue weighted by molar-refractivity contribution is 7.92. The fourth-order valence-corrected chi connectivity index (χ4v) is 4.54. The molecule has 0 aliphatic rings. The Morgan fingerprint density at radius 2 is 1.59 bits per heavy atom. The summed E-state index contributed by atoms with van der Waals surface area (Å²) < 4.78 is 33.2.